The largest absolute Gasteiger partial charge is 0.376 e. The molecule has 0 amide bonds. The van der Waals surface area contributed by atoms with Crippen LogP contribution in [0.2, 0.25) is 0 Å². The van der Waals surface area contributed by atoms with E-state index < -0.39 is 0 Å². The van der Waals surface area contributed by atoms with Crippen LogP contribution in [0.25, 0.3) is 0 Å². The zero-order valence-electron chi connectivity index (χ0n) is 18.9. The monoisotopic (exact) mass is 426 g/mol. The van der Waals surface area contributed by atoms with Crippen LogP contribution in [0.4, 0.5) is 5.82 Å². The van der Waals surface area contributed by atoms with Crippen molar-refractivity contribution in [1.82, 2.24) is 24.9 Å². The highest BCUT2D eigenvalue weighted by Crippen LogP contribution is 2.21. The van der Waals surface area contributed by atoms with E-state index >= 15 is 0 Å². The van der Waals surface area contributed by atoms with Gasteiger partial charge in [-0.2, -0.15) is 10.2 Å². The minimum Gasteiger partial charge on any atom is -0.376 e. The molecular weight excluding hydrogens is 392 g/mol. The van der Waals surface area contributed by atoms with Crippen molar-refractivity contribution in [2.45, 2.75) is 71.1 Å². The first-order valence-electron chi connectivity index (χ1n) is 11.4. The summed E-state index contributed by atoms with van der Waals surface area (Å²) in [6.07, 6.45) is 4.35. The van der Waals surface area contributed by atoms with Crippen LogP contribution in [-0.4, -0.2) is 57.2 Å². The van der Waals surface area contributed by atoms with Gasteiger partial charge in [0.15, 0.2) is 0 Å². The van der Waals surface area contributed by atoms with Crippen molar-refractivity contribution in [1.29, 1.82) is 0 Å². The molecule has 1 unspecified atom stereocenters. The molecule has 0 aliphatic carbocycles. The number of hydrogen-bond acceptors (Lipinski definition) is 7. The van der Waals surface area contributed by atoms with E-state index in [1.54, 1.807) is 10.7 Å². The third-order valence-electron chi connectivity index (χ3n) is 6.20. The molecule has 4 rings (SSSR count). The molecule has 4 heterocycles. The zero-order valence-corrected chi connectivity index (χ0v) is 18.9. The van der Waals surface area contributed by atoms with Crippen LogP contribution in [0, 0.1) is 0 Å². The standard InChI is InChI=1S/C23H34N6O2/c1-23(2,3)20-7-8-21(26-25-20)24-15-18-6-4-5-10-28(18)11-12-29-22(30)14-17-16-31-13-9-19(17)27-29/h7-8,14,18H,4-6,9-13,15-16H2,1-3H3,(H,24,26). The van der Waals surface area contributed by atoms with E-state index in [1.807, 2.05) is 12.1 Å². The summed E-state index contributed by atoms with van der Waals surface area (Å²) in [4.78, 5) is 14.9. The third-order valence-corrected chi connectivity index (χ3v) is 6.20. The number of nitrogens with one attached hydrogen (secondary N) is 1. The summed E-state index contributed by atoms with van der Waals surface area (Å²) in [5.41, 5.74) is 2.89. The predicted molar refractivity (Wildman–Crippen MR) is 120 cm³/mol. The second-order valence-electron chi connectivity index (χ2n) is 9.60. The first-order chi connectivity index (χ1) is 14.9. The molecule has 8 heteroatoms. The molecule has 8 nitrogen and oxygen atoms in total. The molecule has 2 aliphatic heterocycles. The number of piperidine rings is 1. The lowest BCUT2D eigenvalue weighted by atomic mass is 9.92. The van der Waals surface area contributed by atoms with Crippen LogP contribution < -0.4 is 10.9 Å². The second kappa shape index (κ2) is 9.44. The van der Waals surface area contributed by atoms with E-state index in [1.165, 1.54) is 12.8 Å². The summed E-state index contributed by atoms with van der Waals surface area (Å²) in [5, 5.41) is 16.8. The van der Waals surface area contributed by atoms with Crippen LogP contribution >= 0.6 is 0 Å². The zero-order chi connectivity index (χ0) is 21.8. The molecule has 1 fully saturated rings. The van der Waals surface area contributed by atoms with Gasteiger partial charge in [-0.3, -0.25) is 9.69 Å². The summed E-state index contributed by atoms with van der Waals surface area (Å²) in [6.45, 7) is 10.9. The summed E-state index contributed by atoms with van der Waals surface area (Å²) in [6, 6.07) is 6.17. The number of ether oxygens (including phenoxy) is 1. The Bertz CT molecular complexity index is 935. The average Bonchev–Trinajstić information content (AvgIpc) is 2.76. The minimum atomic E-state index is -0.0369. The Morgan fingerprint density at radius 2 is 2.06 bits per heavy atom. The van der Waals surface area contributed by atoms with E-state index in [0.29, 0.717) is 25.8 Å². The van der Waals surface area contributed by atoms with Crippen LogP contribution in [-0.2, 0) is 29.7 Å². The van der Waals surface area contributed by atoms with Gasteiger partial charge in [-0.1, -0.05) is 27.2 Å². The van der Waals surface area contributed by atoms with Gasteiger partial charge in [0.1, 0.15) is 5.82 Å². The molecule has 0 bridgehead atoms. The summed E-state index contributed by atoms with van der Waals surface area (Å²) in [5.74, 6) is 0.813. The Balaban J connectivity index is 1.35. The van der Waals surface area contributed by atoms with Crippen molar-refractivity contribution in [3.8, 4) is 0 Å². The summed E-state index contributed by atoms with van der Waals surface area (Å²) >= 11 is 0. The van der Waals surface area contributed by atoms with Crippen molar-refractivity contribution < 1.29 is 4.74 Å². The van der Waals surface area contributed by atoms with Gasteiger partial charge in [0, 0.05) is 42.6 Å². The molecule has 2 aromatic heterocycles. The van der Waals surface area contributed by atoms with Gasteiger partial charge < -0.3 is 10.1 Å². The third kappa shape index (κ3) is 5.49. The SMILES string of the molecule is CC(C)(C)c1ccc(NCC2CCCCN2CCn2nc3c(cc2=O)COCC3)nn1. The van der Waals surface area contributed by atoms with Crippen LogP contribution in [0.15, 0.2) is 23.0 Å². The van der Waals surface area contributed by atoms with Gasteiger partial charge in [0.05, 0.1) is 31.1 Å². The van der Waals surface area contributed by atoms with Crippen LogP contribution in [0.1, 0.15) is 57.0 Å². The second-order valence-corrected chi connectivity index (χ2v) is 9.60. The Morgan fingerprint density at radius 1 is 1.19 bits per heavy atom. The number of nitrogens with zero attached hydrogens (tertiary/aromatic N) is 5. The lowest BCUT2D eigenvalue weighted by Crippen LogP contribution is -2.46. The van der Waals surface area contributed by atoms with E-state index in [9.17, 15) is 4.79 Å². The number of rotatable bonds is 6. The Labute approximate surface area is 184 Å². The van der Waals surface area contributed by atoms with Crippen molar-refractivity contribution in [3.63, 3.8) is 0 Å². The molecule has 168 valence electrons. The Morgan fingerprint density at radius 3 is 2.84 bits per heavy atom. The molecule has 1 atom stereocenters. The van der Waals surface area contributed by atoms with Crippen molar-refractivity contribution in [2.75, 3.05) is 31.6 Å². The molecule has 31 heavy (non-hydrogen) atoms. The fourth-order valence-electron chi connectivity index (χ4n) is 4.27. The topological polar surface area (TPSA) is 85.2 Å². The maximum atomic E-state index is 12.5. The fourth-order valence-corrected chi connectivity index (χ4v) is 4.27. The van der Waals surface area contributed by atoms with E-state index in [2.05, 4.69) is 46.3 Å². The van der Waals surface area contributed by atoms with E-state index in [-0.39, 0.29) is 11.0 Å². The molecule has 0 aromatic carbocycles. The quantitative estimate of drug-likeness (QED) is 0.759. The normalized spacial score (nSPS) is 19.8. The van der Waals surface area contributed by atoms with Crippen LogP contribution in [0.5, 0.6) is 0 Å². The molecule has 0 spiro atoms. The van der Waals surface area contributed by atoms with Gasteiger partial charge in [-0.15, -0.1) is 5.10 Å². The Kier molecular flexibility index (Phi) is 6.67. The van der Waals surface area contributed by atoms with E-state index in [4.69, 9.17) is 4.74 Å². The highest BCUT2D eigenvalue weighted by molar-refractivity contribution is 5.34. The average molecular weight is 427 g/mol. The molecule has 2 aromatic rings. The first-order valence-corrected chi connectivity index (χ1v) is 11.4. The predicted octanol–water partition coefficient (Wildman–Crippen LogP) is 2.37. The minimum absolute atomic E-state index is 0.00152. The Hall–Kier alpha value is -2.32. The molecule has 0 saturated carbocycles. The molecule has 0 radical (unpaired) electrons. The summed E-state index contributed by atoms with van der Waals surface area (Å²) < 4.78 is 7.06. The number of fused-ring (bicyclic) bond motifs is 1. The highest BCUT2D eigenvalue weighted by atomic mass is 16.5. The van der Waals surface area contributed by atoms with Crippen molar-refractivity contribution in [2.24, 2.45) is 0 Å². The lowest BCUT2D eigenvalue weighted by Gasteiger charge is -2.36. The van der Waals surface area contributed by atoms with Crippen LogP contribution in [0.3, 0.4) is 0 Å². The molecule has 1 saturated heterocycles. The number of likely N-dealkylation sites (tertiary alicyclic amines) is 1. The number of hydrogen-bond donors (Lipinski definition) is 1. The molecule has 1 N–H and O–H groups in total. The fraction of sp³-hybridized carbons (Fsp3) is 0.652. The van der Waals surface area contributed by atoms with Gasteiger partial charge in [-0.25, -0.2) is 4.68 Å². The number of aromatic nitrogens is 4. The molecular formula is C23H34N6O2. The van der Waals surface area contributed by atoms with Gasteiger partial charge in [0.2, 0.25) is 0 Å². The smallest absolute Gasteiger partial charge is 0.267 e. The number of anilines is 1. The maximum absolute atomic E-state index is 12.5. The lowest BCUT2D eigenvalue weighted by molar-refractivity contribution is 0.107. The van der Waals surface area contributed by atoms with Gasteiger partial charge in [0.25, 0.3) is 5.56 Å². The highest BCUT2D eigenvalue weighted by Gasteiger charge is 2.23. The maximum Gasteiger partial charge on any atom is 0.267 e. The summed E-state index contributed by atoms with van der Waals surface area (Å²) in [7, 11) is 0. The first kappa shape index (κ1) is 21.9. The molecule has 2 aliphatic rings. The van der Waals surface area contributed by atoms with Gasteiger partial charge in [-0.05, 0) is 31.5 Å². The van der Waals surface area contributed by atoms with Crippen molar-refractivity contribution in [3.05, 3.63) is 45.5 Å². The van der Waals surface area contributed by atoms with Crippen molar-refractivity contribution >= 4 is 5.82 Å². The van der Waals surface area contributed by atoms with Gasteiger partial charge >= 0.3 is 0 Å². The van der Waals surface area contributed by atoms with E-state index in [0.717, 1.165) is 55.2 Å².